The van der Waals surface area contributed by atoms with Crippen LogP contribution in [0.15, 0.2) is 34.1 Å². The molecule has 0 unspecified atom stereocenters. The largest absolute Gasteiger partial charge is 0.475 e. The van der Waals surface area contributed by atoms with Crippen LogP contribution in [0.1, 0.15) is 33.7 Å². The number of rotatable bonds is 5. The minimum Gasteiger partial charge on any atom is -0.475 e. The normalized spacial score (nSPS) is 20.4. The number of aromatic carboxylic acids is 1. The van der Waals surface area contributed by atoms with Gasteiger partial charge in [-0.2, -0.15) is 0 Å². The van der Waals surface area contributed by atoms with E-state index >= 15 is 0 Å². The fourth-order valence-electron chi connectivity index (χ4n) is 2.85. The van der Waals surface area contributed by atoms with Gasteiger partial charge < -0.3 is 19.7 Å². The van der Waals surface area contributed by atoms with Gasteiger partial charge in [-0.1, -0.05) is 6.07 Å². The first-order valence-corrected chi connectivity index (χ1v) is 8.24. The van der Waals surface area contributed by atoms with Crippen LogP contribution in [0.25, 0.3) is 0 Å². The third-order valence-corrected chi connectivity index (χ3v) is 5.01. The third-order valence-electron chi connectivity index (χ3n) is 4.07. The topological polar surface area (TPSA) is 99.9 Å². The zero-order chi connectivity index (χ0) is 17.3. The molecule has 2 N–H and O–H groups in total. The molecule has 2 aromatic heterocycles. The molecule has 7 nitrogen and oxygen atoms in total. The van der Waals surface area contributed by atoms with Gasteiger partial charge >= 0.3 is 5.97 Å². The van der Waals surface area contributed by atoms with E-state index in [1.807, 2.05) is 17.5 Å². The Balaban J connectivity index is 1.69. The van der Waals surface area contributed by atoms with Crippen molar-refractivity contribution in [2.24, 2.45) is 5.92 Å². The second-order valence-electron chi connectivity index (χ2n) is 5.56. The lowest BCUT2D eigenvalue weighted by Gasteiger charge is -2.23. The Labute approximate surface area is 141 Å². The van der Waals surface area contributed by atoms with Gasteiger partial charge in [0.15, 0.2) is 0 Å². The van der Waals surface area contributed by atoms with Gasteiger partial charge in [-0.15, -0.1) is 11.3 Å². The molecule has 0 bridgehead atoms. The monoisotopic (exact) mass is 348 g/mol. The molecule has 24 heavy (non-hydrogen) atoms. The first-order valence-electron chi connectivity index (χ1n) is 7.36. The number of carbonyl (C=O) groups is 3. The highest BCUT2D eigenvalue weighted by Crippen LogP contribution is 2.39. The first kappa shape index (κ1) is 16.3. The maximum atomic E-state index is 12.5. The number of hydrogen-bond acceptors (Lipinski definition) is 5. The maximum Gasteiger partial charge on any atom is 0.371 e. The van der Waals surface area contributed by atoms with Crippen molar-refractivity contribution in [3.8, 4) is 0 Å². The van der Waals surface area contributed by atoms with Gasteiger partial charge in [-0.05, 0) is 23.6 Å². The van der Waals surface area contributed by atoms with Crippen molar-refractivity contribution >= 4 is 29.1 Å². The molecule has 8 heteroatoms. The van der Waals surface area contributed by atoms with Crippen molar-refractivity contribution in [3.05, 3.63) is 46.0 Å². The highest BCUT2D eigenvalue weighted by molar-refractivity contribution is 7.10. The molecule has 1 saturated heterocycles. The molecule has 0 spiro atoms. The van der Waals surface area contributed by atoms with Crippen molar-refractivity contribution in [1.29, 1.82) is 0 Å². The minimum atomic E-state index is -1.16. The van der Waals surface area contributed by atoms with Crippen molar-refractivity contribution in [3.63, 3.8) is 0 Å². The molecule has 2 atom stereocenters. The Morgan fingerprint density at radius 2 is 2.21 bits per heavy atom. The van der Waals surface area contributed by atoms with Crippen LogP contribution in [-0.2, 0) is 16.1 Å². The molecule has 1 aliphatic heterocycles. The summed E-state index contributed by atoms with van der Waals surface area (Å²) in [6.07, 6.45) is 0.156. The van der Waals surface area contributed by atoms with Crippen molar-refractivity contribution in [2.75, 3.05) is 7.05 Å². The van der Waals surface area contributed by atoms with Crippen LogP contribution >= 0.6 is 11.3 Å². The Morgan fingerprint density at radius 1 is 1.42 bits per heavy atom. The van der Waals surface area contributed by atoms with E-state index < -0.39 is 11.9 Å². The Morgan fingerprint density at radius 3 is 2.83 bits per heavy atom. The van der Waals surface area contributed by atoms with E-state index in [4.69, 9.17) is 9.52 Å². The lowest BCUT2D eigenvalue weighted by atomic mass is 9.98. The van der Waals surface area contributed by atoms with E-state index in [9.17, 15) is 14.4 Å². The SMILES string of the molecule is CN1C(=O)C[C@@H](C(=O)NCc2ccc(C(=O)O)o2)[C@H]1c1cccs1. The average Bonchev–Trinajstić information content (AvgIpc) is 3.26. The molecule has 2 amide bonds. The number of carbonyl (C=O) groups excluding carboxylic acids is 2. The zero-order valence-electron chi connectivity index (χ0n) is 12.9. The van der Waals surface area contributed by atoms with Crippen LogP contribution in [0.4, 0.5) is 0 Å². The van der Waals surface area contributed by atoms with E-state index in [1.165, 1.54) is 23.5 Å². The van der Waals surface area contributed by atoms with E-state index in [0.717, 1.165) is 4.88 Å². The van der Waals surface area contributed by atoms with Gasteiger partial charge in [0.05, 0.1) is 18.5 Å². The fourth-order valence-corrected chi connectivity index (χ4v) is 3.78. The van der Waals surface area contributed by atoms with Gasteiger partial charge in [0.25, 0.3) is 0 Å². The van der Waals surface area contributed by atoms with Crippen LogP contribution in [0.3, 0.4) is 0 Å². The molecule has 3 rings (SSSR count). The van der Waals surface area contributed by atoms with Crippen LogP contribution in [0, 0.1) is 5.92 Å². The molecule has 1 fully saturated rings. The molecule has 0 radical (unpaired) electrons. The van der Waals surface area contributed by atoms with E-state index in [1.54, 1.807) is 11.9 Å². The summed E-state index contributed by atoms with van der Waals surface area (Å²) >= 11 is 1.51. The highest BCUT2D eigenvalue weighted by Gasteiger charge is 2.43. The lowest BCUT2D eigenvalue weighted by Crippen LogP contribution is -2.33. The minimum absolute atomic E-state index is 0.0697. The van der Waals surface area contributed by atoms with Crippen LogP contribution in [0.2, 0.25) is 0 Å². The number of thiophene rings is 1. The van der Waals surface area contributed by atoms with Crippen molar-refractivity contribution in [2.45, 2.75) is 19.0 Å². The number of nitrogens with one attached hydrogen (secondary N) is 1. The second-order valence-corrected chi connectivity index (χ2v) is 6.54. The molecular formula is C16H16N2O5S. The highest BCUT2D eigenvalue weighted by atomic mass is 32.1. The second kappa shape index (κ2) is 6.48. The number of nitrogens with zero attached hydrogens (tertiary/aromatic N) is 1. The zero-order valence-corrected chi connectivity index (χ0v) is 13.7. The van der Waals surface area contributed by atoms with Gasteiger partial charge in [0.1, 0.15) is 5.76 Å². The van der Waals surface area contributed by atoms with E-state index in [2.05, 4.69) is 5.32 Å². The van der Waals surface area contributed by atoms with E-state index in [0.29, 0.717) is 5.76 Å². The van der Waals surface area contributed by atoms with Gasteiger partial charge in [-0.25, -0.2) is 4.79 Å². The van der Waals surface area contributed by atoms with Crippen molar-refractivity contribution < 1.29 is 23.9 Å². The number of likely N-dealkylation sites (tertiary alicyclic amines) is 1. The summed E-state index contributed by atoms with van der Waals surface area (Å²) in [5.74, 6) is -1.78. The summed E-state index contributed by atoms with van der Waals surface area (Å²) < 4.78 is 5.11. The molecule has 3 heterocycles. The van der Waals surface area contributed by atoms with E-state index in [-0.39, 0.29) is 36.6 Å². The first-order chi connectivity index (χ1) is 11.5. The predicted octanol–water partition coefficient (Wildman–Crippen LogP) is 1.88. The summed E-state index contributed by atoms with van der Waals surface area (Å²) in [6.45, 7) is 0.0810. The quantitative estimate of drug-likeness (QED) is 0.859. The maximum absolute atomic E-state index is 12.5. The molecule has 0 aliphatic carbocycles. The third kappa shape index (κ3) is 3.05. The van der Waals surface area contributed by atoms with Crippen LogP contribution in [0.5, 0.6) is 0 Å². The standard InChI is InChI=1S/C16H16N2O5S/c1-18-13(19)7-10(14(18)12-3-2-6-24-12)15(20)17-8-9-4-5-11(23-9)16(21)22/h2-6,10,14H,7-8H2,1H3,(H,17,20)(H,21,22)/t10-,14+/m1/s1. The number of carboxylic acid groups (broad SMARTS) is 1. The summed E-state index contributed by atoms with van der Waals surface area (Å²) in [7, 11) is 1.70. The Hall–Kier alpha value is -2.61. The molecule has 0 aromatic carbocycles. The molecule has 126 valence electrons. The summed E-state index contributed by atoms with van der Waals surface area (Å²) in [5, 5.41) is 13.5. The number of hydrogen-bond donors (Lipinski definition) is 2. The molecule has 1 aliphatic rings. The molecule has 0 saturated carbocycles. The summed E-state index contributed by atoms with van der Waals surface area (Å²) in [6, 6.07) is 6.37. The summed E-state index contributed by atoms with van der Waals surface area (Å²) in [5.41, 5.74) is 0. The number of amides is 2. The lowest BCUT2D eigenvalue weighted by molar-refractivity contribution is -0.128. The van der Waals surface area contributed by atoms with Crippen LogP contribution in [-0.4, -0.2) is 34.8 Å². The Bertz CT molecular complexity index is 767. The Kier molecular flexibility index (Phi) is 4.39. The average molecular weight is 348 g/mol. The number of furan rings is 1. The fraction of sp³-hybridized carbons (Fsp3) is 0.312. The van der Waals surface area contributed by atoms with Gasteiger partial charge in [0, 0.05) is 18.3 Å². The molecule has 2 aromatic rings. The predicted molar refractivity (Wildman–Crippen MR) is 85.5 cm³/mol. The summed E-state index contributed by atoms with van der Waals surface area (Å²) in [4.78, 5) is 37.9. The molecular weight excluding hydrogens is 332 g/mol. The smallest absolute Gasteiger partial charge is 0.371 e. The van der Waals surface area contributed by atoms with Crippen LogP contribution < -0.4 is 5.32 Å². The van der Waals surface area contributed by atoms with Gasteiger partial charge in [0.2, 0.25) is 17.6 Å². The van der Waals surface area contributed by atoms with Gasteiger partial charge in [-0.3, -0.25) is 9.59 Å². The number of carboxylic acids is 1. The van der Waals surface area contributed by atoms with Crippen molar-refractivity contribution in [1.82, 2.24) is 10.2 Å².